The molecule has 0 bridgehead atoms. The number of rotatable bonds is 3. The van der Waals surface area contributed by atoms with Crippen molar-refractivity contribution >= 4 is 11.8 Å². The average molecular weight is 278 g/mol. The molecule has 1 aliphatic rings. The van der Waals surface area contributed by atoms with Crippen LogP contribution in [0.5, 0.6) is 0 Å². The highest BCUT2D eigenvalue weighted by Gasteiger charge is 2.32. The van der Waals surface area contributed by atoms with Crippen LogP contribution in [-0.2, 0) is 4.74 Å². The zero-order valence-electron chi connectivity index (χ0n) is 10.3. The van der Waals surface area contributed by atoms with Crippen LogP contribution in [0.4, 0.5) is 14.9 Å². The summed E-state index contributed by atoms with van der Waals surface area (Å²) in [5.41, 5.74) is 0.602. The Morgan fingerprint density at radius 1 is 1.50 bits per heavy atom. The molecule has 104 valence electrons. The van der Waals surface area contributed by atoms with Crippen molar-refractivity contribution in [2.45, 2.75) is 6.10 Å². The van der Waals surface area contributed by atoms with Crippen LogP contribution in [0, 0.1) is 5.82 Å². The Morgan fingerprint density at radius 3 is 2.95 bits per heavy atom. The molecule has 1 N–H and O–H groups in total. The normalized spacial score (nSPS) is 18.4. The maximum atomic E-state index is 14.1. The van der Waals surface area contributed by atoms with Crippen LogP contribution in [0.15, 0.2) is 30.9 Å². The molecule has 0 spiro atoms. The summed E-state index contributed by atoms with van der Waals surface area (Å²) in [7, 11) is 0. The SMILES string of the molecule is O=C1OC(CO)CN1c1ccc(-n2cncn2)c(F)c1. The molecule has 8 heteroatoms. The Kier molecular flexibility index (Phi) is 3.07. The van der Waals surface area contributed by atoms with E-state index in [1.165, 1.54) is 34.4 Å². The van der Waals surface area contributed by atoms with Crippen molar-refractivity contribution < 1.29 is 19.0 Å². The topological polar surface area (TPSA) is 80.5 Å². The molecule has 3 rings (SSSR count). The lowest BCUT2D eigenvalue weighted by Crippen LogP contribution is -2.25. The molecule has 0 radical (unpaired) electrons. The van der Waals surface area contributed by atoms with Gasteiger partial charge in [0.1, 0.15) is 24.4 Å². The third-order valence-corrected chi connectivity index (χ3v) is 2.99. The number of aliphatic hydroxyl groups is 1. The standard InChI is InChI=1S/C12H11FN4O3/c13-10-3-8(16-4-9(5-18)20-12(16)19)1-2-11(10)17-7-14-6-15-17/h1-3,6-7,9,18H,4-5H2. The molecule has 1 atom stereocenters. The van der Waals surface area contributed by atoms with Crippen LogP contribution >= 0.6 is 0 Å². The number of ether oxygens (including phenoxy) is 1. The molecule has 1 aromatic carbocycles. The molecule has 2 aromatic rings. The quantitative estimate of drug-likeness (QED) is 0.895. The van der Waals surface area contributed by atoms with Crippen molar-refractivity contribution in [1.29, 1.82) is 0 Å². The first kappa shape index (κ1) is 12.5. The molecule has 0 aliphatic carbocycles. The van der Waals surface area contributed by atoms with E-state index in [9.17, 15) is 9.18 Å². The number of aliphatic hydroxyl groups excluding tert-OH is 1. The number of carbonyl (C=O) groups excluding carboxylic acids is 1. The van der Waals surface area contributed by atoms with Gasteiger partial charge in [-0.3, -0.25) is 4.90 Å². The van der Waals surface area contributed by atoms with Crippen LogP contribution in [-0.4, -0.2) is 45.2 Å². The van der Waals surface area contributed by atoms with Gasteiger partial charge in [0.15, 0.2) is 5.82 Å². The molecular weight excluding hydrogens is 267 g/mol. The summed E-state index contributed by atoms with van der Waals surface area (Å²) >= 11 is 0. The van der Waals surface area contributed by atoms with Crippen molar-refractivity contribution in [1.82, 2.24) is 14.8 Å². The first-order chi connectivity index (χ1) is 9.69. The van der Waals surface area contributed by atoms with Gasteiger partial charge >= 0.3 is 6.09 Å². The van der Waals surface area contributed by atoms with Crippen molar-refractivity contribution in [2.75, 3.05) is 18.1 Å². The molecule has 0 saturated carbocycles. The second kappa shape index (κ2) is 4.89. The molecule has 20 heavy (non-hydrogen) atoms. The van der Waals surface area contributed by atoms with Gasteiger partial charge in [-0.05, 0) is 18.2 Å². The van der Waals surface area contributed by atoms with E-state index in [-0.39, 0.29) is 18.8 Å². The van der Waals surface area contributed by atoms with Crippen LogP contribution in [0.2, 0.25) is 0 Å². The minimum atomic E-state index is -0.600. The van der Waals surface area contributed by atoms with Gasteiger partial charge in [0.25, 0.3) is 0 Å². The monoisotopic (exact) mass is 278 g/mol. The van der Waals surface area contributed by atoms with E-state index in [0.29, 0.717) is 5.69 Å². The summed E-state index contributed by atoms with van der Waals surface area (Å²) in [6, 6.07) is 4.30. The summed E-state index contributed by atoms with van der Waals surface area (Å²) in [6.45, 7) is -0.0702. The third-order valence-electron chi connectivity index (χ3n) is 2.99. The maximum absolute atomic E-state index is 14.1. The molecule has 1 aliphatic heterocycles. The smallest absolute Gasteiger partial charge is 0.414 e. The van der Waals surface area contributed by atoms with E-state index in [1.54, 1.807) is 6.07 Å². The molecule has 1 unspecified atom stereocenters. The first-order valence-corrected chi connectivity index (χ1v) is 5.92. The lowest BCUT2D eigenvalue weighted by Gasteiger charge is -2.14. The van der Waals surface area contributed by atoms with Gasteiger partial charge < -0.3 is 9.84 Å². The van der Waals surface area contributed by atoms with Crippen molar-refractivity contribution in [3.8, 4) is 5.69 Å². The second-order valence-corrected chi connectivity index (χ2v) is 4.27. The van der Waals surface area contributed by atoms with Gasteiger partial charge in [-0.1, -0.05) is 0 Å². The molecule has 1 fully saturated rings. The number of nitrogens with zero attached hydrogens (tertiary/aromatic N) is 4. The zero-order valence-corrected chi connectivity index (χ0v) is 10.3. The molecular formula is C12H11FN4O3. The molecule has 1 saturated heterocycles. The highest BCUT2D eigenvalue weighted by Crippen LogP contribution is 2.24. The van der Waals surface area contributed by atoms with Gasteiger partial charge in [0, 0.05) is 0 Å². The summed E-state index contributed by atoms with van der Waals surface area (Å²) in [6.07, 6.45) is 1.50. The summed E-state index contributed by atoms with van der Waals surface area (Å²) < 4.78 is 20.3. The third kappa shape index (κ3) is 2.10. The summed E-state index contributed by atoms with van der Waals surface area (Å²) in [4.78, 5) is 16.6. The molecule has 1 amide bonds. The molecule has 2 heterocycles. The Labute approximate surface area is 113 Å². The van der Waals surface area contributed by atoms with Gasteiger partial charge in [-0.15, -0.1) is 0 Å². The largest absolute Gasteiger partial charge is 0.441 e. The number of benzene rings is 1. The van der Waals surface area contributed by atoms with E-state index in [0.717, 1.165) is 0 Å². The fourth-order valence-electron chi connectivity index (χ4n) is 2.01. The molecule has 7 nitrogen and oxygen atoms in total. The number of halogens is 1. The highest BCUT2D eigenvalue weighted by molar-refractivity contribution is 5.89. The minimum Gasteiger partial charge on any atom is -0.441 e. The number of aromatic nitrogens is 3. The lowest BCUT2D eigenvalue weighted by molar-refractivity contribution is 0.0963. The van der Waals surface area contributed by atoms with Crippen LogP contribution < -0.4 is 4.90 Å². The van der Waals surface area contributed by atoms with Gasteiger partial charge in [-0.2, -0.15) is 5.10 Å². The maximum Gasteiger partial charge on any atom is 0.414 e. The number of cyclic esters (lactones) is 1. The van der Waals surface area contributed by atoms with Crippen molar-refractivity contribution in [3.05, 3.63) is 36.7 Å². The second-order valence-electron chi connectivity index (χ2n) is 4.27. The predicted molar refractivity (Wildman–Crippen MR) is 66.0 cm³/mol. The van der Waals surface area contributed by atoms with E-state index < -0.39 is 18.0 Å². The van der Waals surface area contributed by atoms with E-state index in [4.69, 9.17) is 9.84 Å². The number of amides is 1. The van der Waals surface area contributed by atoms with Gasteiger partial charge in [-0.25, -0.2) is 18.9 Å². The summed E-state index contributed by atoms with van der Waals surface area (Å²) in [5.74, 6) is -0.534. The highest BCUT2D eigenvalue weighted by atomic mass is 19.1. The van der Waals surface area contributed by atoms with Gasteiger partial charge in [0.2, 0.25) is 0 Å². The molecule has 1 aromatic heterocycles. The fraction of sp³-hybridized carbons (Fsp3) is 0.250. The van der Waals surface area contributed by atoms with Gasteiger partial charge in [0.05, 0.1) is 18.8 Å². The minimum absolute atomic E-state index is 0.192. The van der Waals surface area contributed by atoms with E-state index in [2.05, 4.69) is 10.1 Å². The number of carbonyl (C=O) groups is 1. The van der Waals surface area contributed by atoms with Crippen molar-refractivity contribution in [2.24, 2.45) is 0 Å². The van der Waals surface area contributed by atoms with Crippen LogP contribution in [0.3, 0.4) is 0 Å². The first-order valence-electron chi connectivity index (χ1n) is 5.92. The fourth-order valence-corrected chi connectivity index (χ4v) is 2.01. The Hall–Kier alpha value is -2.48. The number of hydrogen-bond acceptors (Lipinski definition) is 5. The Morgan fingerprint density at radius 2 is 2.35 bits per heavy atom. The van der Waals surface area contributed by atoms with Crippen molar-refractivity contribution in [3.63, 3.8) is 0 Å². The zero-order chi connectivity index (χ0) is 14.1. The number of hydrogen-bond donors (Lipinski definition) is 1. The number of anilines is 1. The van der Waals surface area contributed by atoms with Crippen LogP contribution in [0.25, 0.3) is 5.69 Å². The van der Waals surface area contributed by atoms with E-state index >= 15 is 0 Å². The van der Waals surface area contributed by atoms with Crippen LogP contribution in [0.1, 0.15) is 0 Å². The Bertz CT molecular complexity index is 632. The lowest BCUT2D eigenvalue weighted by atomic mass is 10.2. The predicted octanol–water partition coefficient (Wildman–Crippen LogP) is 0.724. The Balaban J connectivity index is 1.89. The average Bonchev–Trinajstić information content (AvgIpc) is 3.07. The van der Waals surface area contributed by atoms with E-state index in [1.807, 2.05) is 0 Å². The summed E-state index contributed by atoms with van der Waals surface area (Å²) in [5, 5.41) is 12.8.